The molecule has 0 aromatic rings. The number of hydrogen-bond acceptors (Lipinski definition) is 2. The first-order valence-electron chi connectivity index (χ1n) is 6.34. The predicted octanol–water partition coefficient (Wildman–Crippen LogP) is 5.65. The second-order valence-electron chi connectivity index (χ2n) is 5.18. The monoisotopic (exact) mass is 273 g/mol. The van der Waals surface area contributed by atoms with E-state index in [0.29, 0.717) is 0 Å². The summed E-state index contributed by atoms with van der Waals surface area (Å²) in [5.41, 5.74) is 1.63. The van der Waals surface area contributed by atoms with Crippen LogP contribution in [0.5, 0.6) is 0 Å². The van der Waals surface area contributed by atoms with Crippen molar-refractivity contribution in [2.45, 2.75) is 53.5 Å². The Balaban J connectivity index is 4.43. The van der Waals surface area contributed by atoms with Gasteiger partial charge in [-0.3, -0.25) is 0 Å². The van der Waals surface area contributed by atoms with Crippen LogP contribution >= 0.6 is 18.7 Å². The molecule has 3 heteroatoms. The zero-order valence-electron chi connectivity index (χ0n) is 12.4. The fraction of sp³-hybridized carbons (Fsp3) is 0.714. The predicted molar refractivity (Wildman–Crippen MR) is 85.8 cm³/mol. The molecule has 0 N–H and O–H groups in total. The summed E-state index contributed by atoms with van der Waals surface area (Å²) in [6, 6.07) is 0. The Kier molecular flexibility index (Phi) is 8.45. The zero-order chi connectivity index (χ0) is 13.5. The van der Waals surface area contributed by atoms with Crippen LogP contribution < -0.4 is 0 Å². The second-order valence-corrected chi connectivity index (χ2v) is 9.35. The molecule has 0 radical (unpaired) electrons. The zero-order valence-corrected chi connectivity index (χ0v) is 14.2. The molecule has 0 aliphatic carbocycles. The van der Waals surface area contributed by atoms with Gasteiger partial charge in [0.2, 0.25) is 0 Å². The number of allylic oxidation sites excluding steroid dienone is 3. The fourth-order valence-electron chi connectivity index (χ4n) is 1.47. The van der Waals surface area contributed by atoms with Crippen molar-refractivity contribution in [2.75, 3.05) is 13.2 Å². The van der Waals surface area contributed by atoms with Gasteiger partial charge >= 0.3 is 0 Å². The molecular formula is C14H28NPS. The molecule has 0 aromatic heterocycles. The molecule has 0 spiro atoms. The maximum absolute atomic E-state index is 2.48. The van der Waals surface area contributed by atoms with E-state index in [9.17, 15) is 0 Å². The van der Waals surface area contributed by atoms with Gasteiger partial charge in [0.1, 0.15) is 0 Å². The maximum atomic E-state index is 2.48. The van der Waals surface area contributed by atoms with E-state index in [1.54, 1.807) is 0 Å². The largest absolute Gasteiger partial charge is 0.242 e. The third-order valence-electron chi connectivity index (χ3n) is 2.26. The van der Waals surface area contributed by atoms with Gasteiger partial charge in [-0.25, -0.2) is 4.31 Å². The highest BCUT2D eigenvalue weighted by Gasteiger charge is 2.21. The first kappa shape index (κ1) is 17.2. The first-order valence-corrected chi connectivity index (χ1v) is 9.58. The molecule has 0 saturated carbocycles. The molecule has 0 bridgehead atoms. The molecule has 100 valence electrons. The van der Waals surface area contributed by atoms with Gasteiger partial charge in [-0.1, -0.05) is 31.6 Å². The Bertz CT molecular complexity index is 266. The summed E-state index contributed by atoms with van der Waals surface area (Å²) in [5.74, 6) is 2.40. The molecule has 1 unspecified atom stereocenters. The maximum Gasteiger partial charge on any atom is 0.0232 e. The second kappa shape index (κ2) is 8.34. The van der Waals surface area contributed by atoms with E-state index in [1.165, 1.54) is 5.57 Å². The van der Waals surface area contributed by atoms with Crippen molar-refractivity contribution in [3.8, 4) is 0 Å². The Hall–Kier alpha value is 0.220. The third kappa shape index (κ3) is 8.02. The molecule has 0 aromatic carbocycles. The van der Waals surface area contributed by atoms with E-state index < -0.39 is 0 Å². The van der Waals surface area contributed by atoms with Crippen LogP contribution in [0.4, 0.5) is 0 Å². The molecule has 0 fully saturated rings. The highest BCUT2D eigenvalue weighted by atomic mass is 32.7. The minimum atomic E-state index is -0.117. The molecule has 17 heavy (non-hydrogen) atoms. The Labute approximate surface area is 113 Å². The lowest BCUT2D eigenvalue weighted by molar-refractivity contribution is 0.288. The molecule has 1 atom stereocenters. The molecule has 0 aliphatic rings. The number of hydrogen-bond donors (Lipinski definition) is 0. The summed E-state index contributed by atoms with van der Waals surface area (Å²) in [6.07, 6.45) is 5.57. The summed E-state index contributed by atoms with van der Waals surface area (Å²) in [7, 11) is -0.117. The summed E-state index contributed by atoms with van der Waals surface area (Å²) in [6.45, 7) is 16.9. The molecule has 0 saturated heterocycles. The third-order valence-corrected chi connectivity index (χ3v) is 5.98. The fourth-order valence-corrected chi connectivity index (χ4v) is 5.50. The lowest BCUT2D eigenvalue weighted by Gasteiger charge is -2.34. The summed E-state index contributed by atoms with van der Waals surface area (Å²) >= 11 is 2.00. The van der Waals surface area contributed by atoms with E-state index in [0.717, 1.165) is 13.0 Å². The van der Waals surface area contributed by atoms with Crippen molar-refractivity contribution in [3.63, 3.8) is 0 Å². The Morgan fingerprint density at radius 2 is 1.88 bits per heavy atom. The lowest BCUT2D eigenvalue weighted by atomic mass is 10.1. The molecular weight excluding hydrogens is 245 g/mol. The number of nitrogens with zero attached hydrogens (tertiary/aromatic N) is 1. The van der Waals surface area contributed by atoms with Crippen LogP contribution in [0, 0.1) is 0 Å². The minimum Gasteiger partial charge on any atom is -0.242 e. The lowest BCUT2D eigenvalue weighted by Crippen LogP contribution is -2.35. The van der Waals surface area contributed by atoms with Gasteiger partial charge in [-0.2, -0.15) is 0 Å². The van der Waals surface area contributed by atoms with Crippen molar-refractivity contribution in [1.82, 2.24) is 4.31 Å². The van der Waals surface area contributed by atoms with Crippen LogP contribution in [-0.2, 0) is 0 Å². The van der Waals surface area contributed by atoms with Gasteiger partial charge in [0.25, 0.3) is 0 Å². The highest BCUT2D eigenvalue weighted by Crippen LogP contribution is 2.52. The van der Waals surface area contributed by atoms with Crippen LogP contribution in [0.15, 0.2) is 23.5 Å². The Morgan fingerprint density at radius 1 is 1.29 bits per heavy atom. The van der Waals surface area contributed by atoms with Crippen LogP contribution in [0.1, 0.15) is 48.0 Å². The quantitative estimate of drug-likeness (QED) is 0.349. The smallest absolute Gasteiger partial charge is 0.0232 e. The van der Waals surface area contributed by atoms with E-state index >= 15 is 0 Å². The molecule has 0 aliphatic heterocycles. The van der Waals surface area contributed by atoms with E-state index in [1.807, 2.05) is 11.6 Å². The minimum absolute atomic E-state index is 0.117. The Morgan fingerprint density at radius 3 is 2.29 bits per heavy atom. The SMILES string of the molecule is CC/C=C\C(C)=C/P(C)SN(CC)C(C)(C)C. The topological polar surface area (TPSA) is 3.24 Å². The normalized spacial score (nSPS) is 15.9. The number of rotatable bonds is 6. The van der Waals surface area contributed by atoms with Crippen LogP contribution in [0.2, 0.25) is 0 Å². The van der Waals surface area contributed by atoms with Crippen LogP contribution in [0.25, 0.3) is 0 Å². The molecule has 0 amide bonds. The molecule has 0 rings (SSSR count). The van der Waals surface area contributed by atoms with Crippen LogP contribution in [-0.4, -0.2) is 23.1 Å². The van der Waals surface area contributed by atoms with E-state index in [4.69, 9.17) is 0 Å². The first-order chi connectivity index (χ1) is 7.81. The average Bonchev–Trinajstić information content (AvgIpc) is 2.21. The molecule has 1 nitrogen and oxygen atoms in total. The molecule has 0 heterocycles. The standard InChI is InChI=1S/C14H28NPS/c1-8-10-11-13(3)12-16(7)17-15(9-2)14(4,5)6/h10-12H,8-9H2,1-7H3/b11-10-,13-12-. The van der Waals surface area contributed by atoms with Gasteiger partial charge in [-0.05, 0) is 65.3 Å². The van der Waals surface area contributed by atoms with Gasteiger partial charge in [-0.15, -0.1) is 0 Å². The van der Waals surface area contributed by atoms with Gasteiger partial charge in [0.05, 0.1) is 0 Å². The average molecular weight is 273 g/mol. The van der Waals surface area contributed by atoms with Crippen molar-refractivity contribution in [1.29, 1.82) is 0 Å². The van der Waals surface area contributed by atoms with Crippen molar-refractivity contribution in [2.24, 2.45) is 0 Å². The van der Waals surface area contributed by atoms with E-state index in [-0.39, 0.29) is 12.7 Å². The summed E-state index contributed by atoms with van der Waals surface area (Å²) in [4.78, 5) is 0. The van der Waals surface area contributed by atoms with Gasteiger partial charge in [0, 0.05) is 12.1 Å². The highest BCUT2D eigenvalue weighted by molar-refractivity contribution is 8.55. The van der Waals surface area contributed by atoms with Crippen molar-refractivity contribution in [3.05, 3.63) is 23.5 Å². The van der Waals surface area contributed by atoms with Gasteiger partial charge in [0.15, 0.2) is 0 Å². The summed E-state index contributed by atoms with van der Waals surface area (Å²) in [5, 5.41) is 0. The summed E-state index contributed by atoms with van der Waals surface area (Å²) < 4.78 is 2.48. The van der Waals surface area contributed by atoms with Crippen molar-refractivity contribution < 1.29 is 0 Å². The van der Waals surface area contributed by atoms with Gasteiger partial charge < -0.3 is 0 Å². The van der Waals surface area contributed by atoms with Crippen molar-refractivity contribution >= 4 is 18.7 Å². The van der Waals surface area contributed by atoms with E-state index in [2.05, 4.69) is 70.5 Å². The van der Waals surface area contributed by atoms with Crippen LogP contribution in [0.3, 0.4) is 0 Å².